The lowest BCUT2D eigenvalue weighted by Gasteiger charge is -2.22. The number of hydrogen-bond donors (Lipinski definition) is 4. The van der Waals surface area contributed by atoms with Crippen molar-refractivity contribution >= 4 is 27.6 Å². The van der Waals surface area contributed by atoms with Crippen molar-refractivity contribution < 1.29 is 9.84 Å². The van der Waals surface area contributed by atoms with E-state index in [-0.39, 0.29) is 33.1 Å². The number of aromatic amines is 1. The van der Waals surface area contributed by atoms with Gasteiger partial charge in [-0.05, 0) is 19.8 Å². The maximum absolute atomic E-state index is 12.5. The van der Waals surface area contributed by atoms with Crippen LogP contribution in [0.2, 0.25) is 0 Å². The van der Waals surface area contributed by atoms with E-state index in [4.69, 9.17) is 16.2 Å². The lowest BCUT2D eigenvalue weighted by atomic mass is 9.94. The topological polar surface area (TPSA) is 149 Å². The zero-order chi connectivity index (χ0) is 17.6. The smallest absolute Gasteiger partial charge is 0.311 e. The van der Waals surface area contributed by atoms with Gasteiger partial charge >= 0.3 is 4.87 Å². The van der Waals surface area contributed by atoms with Crippen molar-refractivity contribution in [3.05, 3.63) is 20.0 Å². The van der Waals surface area contributed by atoms with E-state index in [0.717, 1.165) is 11.3 Å². The van der Waals surface area contributed by atoms with E-state index >= 15 is 0 Å². The summed E-state index contributed by atoms with van der Waals surface area (Å²) in [7, 11) is 0. The number of nitrogens with two attached hydrogens (primary N) is 2. The normalized spacial score (nSPS) is 26.8. The van der Waals surface area contributed by atoms with E-state index in [1.54, 1.807) is 0 Å². The number of ether oxygens (including phenoxy) is 1. The van der Waals surface area contributed by atoms with E-state index in [9.17, 15) is 14.7 Å². The highest BCUT2D eigenvalue weighted by atomic mass is 32.1. The monoisotopic (exact) mass is 355 g/mol. The molecule has 9 nitrogen and oxygen atoms in total. The molecule has 6 N–H and O–H groups in total. The Morgan fingerprint density at radius 3 is 2.88 bits per heavy atom. The number of rotatable bonds is 4. The number of aliphatic hydroxyl groups excluding tert-OH is 1. The van der Waals surface area contributed by atoms with Crippen molar-refractivity contribution in [1.82, 2.24) is 14.5 Å². The largest absolute Gasteiger partial charge is 0.390 e. The summed E-state index contributed by atoms with van der Waals surface area (Å²) in [6.07, 6.45) is -0.686. The fourth-order valence-corrected chi connectivity index (χ4v) is 3.97. The number of anilines is 1. The summed E-state index contributed by atoms with van der Waals surface area (Å²) >= 11 is 0.792. The second-order valence-corrected chi connectivity index (χ2v) is 7.10. The molecule has 1 aliphatic rings. The van der Waals surface area contributed by atoms with E-state index < -0.39 is 24.0 Å². The molecule has 2 aromatic heterocycles. The molecule has 0 aromatic carbocycles. The molecule has 5 atom stereocenters. The molecule has 0 radical (unpaired) electrons. The first kappa shape index (κ1) is 17.1. The number of thiazole rings is 1. The minimum Gasteiger partial charge on any atom is -0.390 e. The molecule has 0 bridgehead atoms. The van der Waals surface area contributed by atoms with Crippen molar-refractivity contribution in [3.8, 4) is 0 Å². The first-order valence-corrected chi connectivity index (χ1v) is 8.65. The third-order valence-electron chi connectivity index (χ3n) is 4.45. The first-order chi connectivity index (χ1) is 11.3. The van der Waals surface area contributed by atoms with Gasteiger partial charge in [-0.2, -0.15) is 4.98 Å². The fourth-order valence-electron chi connectivity index (χ4n) is 3.13. The maximum atomic E-state index is 12.5. The first-order valence-electron chi connectivity index (χ1n) is 7.83. The summed E-state index contributed by atoms with van der Waals surface area (Å²) in [6, 6.07) is -0.259. The summed E-state index contributed by atoms with van der Waals surface area (Å²) in [5.74, 6) is -0.256. The van der Waals surface area contributed by atoms with Gasteiger partial charge in [0.25, 0.3) is 5.56 Å². The van der Waals surface area contributed by atoms with Crippen molar-refractivity contribution in [2.75, 3.05) is 5.73 Å². The highest BCUT2D eigenvalue weighted by Crippen LogP contribution is 2.38. The van der Waals surface area contributed by atoms with Gasteiger partial charge in [0, 0.05) is 12.0 Å². The standard InChI is InChI=1S/C14H21N5O4S/c1-3-7(20)8-4-6(5(2)15)12(23-8)19-10-9(24-14(19)22)11(21)18-13(16)17-10/h5-8,12,20H,3-4,15H2,1-2H3,(H3,16,17,18,21)/t5-,6+,7+,8+,12-/m1/s1. The Balaban J connectivity index is 2.13. The Bertz CT molecular complexity index is 857. The average Bonchev–Trinajstić information content (AvgIpc) is 3.07. The van der Waals surface area contributed by atoms with Gasteiger partial charge in [-0.15, -0.1) is 0 Å². The molecule has 132 valence electrons. The quantitative estimate of drug-likeness (QED) is 0.590. The highest BCUT2D eigenvalue weighted by molar-refractivity contribution is 7.16. The van der Waals surface area contributed by atoms with Gasteiger partial charge in [0.15, 0.2) is 5.65 Å². The van der Waals surface area contributed by atoms with E-state index in [0.29, 0.717) is 12.8 Å². The predicted molar refractivity (Wildman–Crippen MR) is 90.9 cm³/mol. The molecule has 1 fully saturated rings. The van der Waals surface area contributed by atoms with Crippen LogP contribution in [0, 0.1) is 5.92 Å². The highest BCUT2D eigenvalue weighted by Gasteiger charge is 2.42. The van der Waals surface area contributed by atoms with Crippen LogP contribution in [-0.4, -0.2) is 37.9 Å². The Labute approximate surface area is 141 Å². The second kappa shape index (κ2) is 6.28. The molecule has 0 unspecified atom stereocenters. The zero-order valence-corrected chi connectivity index (χ0v) is 14.2. The van der Waals surface area contributed by atoms with E-state index in [1.807, 2.05) is 13.8 Å². The van der Waals surface area contributed by atoms with Crippen LogP contribution < -0.4 is 21.9 Å². The molecular weight excluding hydrogens is 334 g/mol. The lowest BCUT2D eigenvalue weighted by molar-refractivity contribution is -0.0664. The van der Waals surface area contributed by atoms with Crippen LogP contribution >= 0.6 is 11.3 Å². The van der Waals surface area contributed by atoms with Crippen LogP contribution in [0.5, 0.6) is 0 Å². The van der Waals surface area contributed by atoms with E-state index in [2.05, 4.69) is 9.97 Å². The number of H-pyrrole nitrogens is 1. The van der Waals surface area contributed by atoms with Crippen LogP contribution in [0.25, 0.3) is 10.3 Å². The molecule has 0 spiro atoms. The number of nitrogen functional groups attached to an aromatic ring is 1. The van der Waals surface area contributed by atoms with Crippen LogP contribution in [0.4, 0.5) is 5.95 Å². The van der Waals surface area contributed by atoms with Gasteiger partial charge in [0.2, 0.25) is 5.95 Å². The lowest BCUT2D eigenvalue weighted by Crippen LogP contribution is -2.34. The molecule has 1 aliphatic heterocycles. The minimum atomic E-state index is -0.689. The fraction of sp³-hybridized carbons (Fsp3) is 0.643. The third-order valence-corrected chi connectivity index (χ3v) is 5.40. The number of nitrogens with zero attached hydrogens (tertiary/aromatic N) is 2. The third kappa shape index (κ3) is 2.75. The van der Waals surface area contributed by atoms with Gasteiger partial charge < -0.3 is 21.3 Å². The van der Waals surface area contributed by atoms with Crippen molar-refractivity contribution in [2.24, 2.45) is 11.7 Å². The van der Waals surface area contributed by atoms with Crippen molar-refractivity contribution in [3.63, 3.8) is 0 Å². The van der Waals surface area contributed by atoms with Crippen LogP contribution in [0.3, 0.4) is 0 Å². The van der Waals surface area contributed by atoms with Gasteiger partial charge in [-0.3, -0.25) is 19.1 Å². The zero-order valence-electron chi connectivity index (χ0n) is 13.4. The number of hydrogen-bond acceptors (Lipinski definition) is 8. The summed E-state index contributed by atoms with van der Waals surface area (Å²) in [4.78, 5) is 30.6. The molecule has 10 heteroatoms. The molecule has 24 heavy (non-hydrogen) atoms. The molecule has 0 aliphatic carbocycles. The number of nitrogens with one attached hydrogen (secondary N) is 1. The minimum absolute atomic E-state index is 0.0699. The predicted octanol–water partition coefficient (Wildman–Crippen LogP) is -0.250. The van der Waals surface area contributed by atoms with Crippen molar-refractivity contribution in [1.29, 1.82) is 0 Å². The Morgan fingerprint density at radius 2 is 2.25 bits per heavy atom. The molecule has 3 rings (SSSR count). The molecular formula is C14H21N5O4S. The number of fused-ring (bicyclic) bond motifs is 1. The molecule has 0 amide bonds. The van der Waals surface area contributed by atoms with Crippen LogP contribution in [0.1, 0.15) is 32.9 Å². The summed E-state index contributed by atoms with van der Waals surface area (Å²) in [5, 5.41) is 10.1. The Hall–Kier alpha value is -1.75. The number of aromatic nitrogens is 3. The molecule has 1 saturated heterocycles. The summed E-state index contributed by atoms with van der Waals surface area (Å²) < 4.78 is 7.48. The number of aliphatic hydroxyl groups is 1. The van der Waals surface area contributed by atoms with Gasteiger partial charge in [-0.25, -0.2) is 0 Å². The van der Waals surface area contributed by atoms with Gasteiger partial charge in [0.1, 0.15) is 10.9 Å². The molecule has 0 saturated carbocycles. The van der Waals surface area contributed by atoms with Crippen LogP contribution in [-0.2, 0) is 4.74 Å². The van der Waals surface area contributed by atoms with Crippen LogP contribution in [0.15, 0.2) is 9.59 Å². The van der Waals surface area contributed by atoms with Crippen molar-refractivity contribution in [2.45, 2.75) is 51.2 Å². The molecule has 2 aromatic rings. The second-order valence-electron chi connectivity index (χ2n) is 6.14. The van der Waals surface area contributed by atoms with Gasteiger partial charge in [-0.1, -0.05) is 18.3 Å². The Kier molecular flexibility index (Phi) is 4.47. The average molecular weight is 355 g/mol. The molecule has 3 heterocycles. The van der Waals surface area contributed by atoms with Gasteiger partial charge in [0.05, 0.1) is 12.2 Å². The SMILES string of the molecule is CC[C@H](O)[C@@H]1C[C@@H]([C@@H](C)N)[C@H](n2c(=O)sc3c(=O)[nH]c(N)nc32)O1. The van der Waals surface area contributed by atoms with E-state index in [1.165, 1.54) is 4.57 Å². The summed E-state index contributed by atoms with van der Waals surface area (Å²) in [6.45, 7) is 3.69. The summed E-state index contributed by atoms with van der Waals surface area (Å²) in [5.41, 5.74) is 11.4. The Morgan fingerprint density at radius 1 is 1.54 bits per heavy atom. The maximum Gasteiger partial charge on any atom is 0.311 e.